The first kappa shape index (κ1) is 14.1. The van der Waals surface area contributed by atoms with Crippen LogP contribution in [0.2, 0.25) is 0 Å². The number of hydrogen-bond donors (Lipinski definition) is 3. The van der Waals surface area contributed by atoms with Crippen LogP contribution in [0.5, 0.6) is 0 Å². The number of hydrogen-bond acceptors (Lipinski definition) is 3. The van der Waals surface area contributed by atoms with Crippen molar-refractivity contribution in [1.82, 2.24) is 9.78 Å². The van der Waals surface area contributed by atoms with Gasteiger partial charge in [-0.3, -0.25) is 4.68 Å². The Morgan fingerprint density at radius 2 is 2.10 bits per heavy atom. The van der Waals surface area contributed by atoms with Gasteiger partial charge in [-0.25, -0.2) is 9.59 Å². The van der Waals surface area contributed by atoms with Crippen LogP contribution >= 0.6 is 15.9 Å². The molecule has 0 radical (unpaired) electrons. The predicted octanol–water partition coefficient (Wildman–Crippen LogP) is 2.52. The third-order valence-electron chi connectivity index (χ3n) is 2.42. The number of benzene rings is 1. The van der Waals surface area contributed by atoms with Gasteiger partial charge in [-0.15, -0.1) is 0 Å². The van der Waals surface area contributed by atoms with Gasteiger partial charge in [-0.1, -0.05) is 15.9 Å². The zero-order valence-corrected chi connectivity index (χ0v) is 12.0. The van der Waals surface area contributed by atoms with E-state index in [4.69, 9.17) is 5.11 Å². The summed E-state index contributed by atoms with van der Waals surface area (Å²) in [5.74, 6) is -1.12. The maximum atomic E-state index is 11.8. The lowest BCUT2D eigenvalue weighted by molar-refractivity contribution is 0.0698. The second-order valence-electron chi connectivity index (χ2n) is 3.98. The van der Waals surface area contributed by atoms with Gasteiger partial charge in [0.1, 0.15) is 0 Å². The molecular formula is C12H11BrN4O3. The molecule has 7 nitrogen and oxygen atoms in total. The summed E-state index contributed by atoms with van der Waals surface area (Å²) in [7, 11) is 1.72. The van der Waals surface area contributed by atoms with E-state index < -0.39 is 12.0 Å². The van der Waals surface area contributed by atoms with Crippen molar-refractivity contribution in [3.8, 4) is 0 Å². The number of carboxylic acids is 1. The lowest BCUT2D eigenvalue weighted by atomic mass is 10.2. The highest BCUT2D eigenvalue weighted by Gasteiger charge is 2.13. The molecule has 1 heterocycles. The molecule has 1 aromatic heterocycles. The molecule has 1 aromatic carbocycles. The summed E-state index contributed by atoms with van der Waals surface area (Å²) >= 11 is 3.18. The Bertz CT molecular complexity index is 668. The van der Waals surface area contributed by atoms with Gasteiger partial charge < -0.3 is 15.7 Å². The lowest BCUT2D eigenvalue weighted by Gasteiger charge is -2.09. The van der Waals surface area contributed by atoms with Crippen molar-refractivity contribution in [1.29, 1.82) is 0 Å². The van der Waals surface area contributed by atoms with Gasteiger partial charge in [0.05, 0.1) is 23.1 Å². The molecule has 8 heteroatoms. The Morgan fingerprint density at radius 3 is 2.70 bits per heavy atom. The van der Waals surface area contributed by atoms with Crippen LogP contribution in [0.1, 0.15) is 10.4 Å². The minimum absolute atomic E-state index is 0.000659. The summed E-state index contributed by atoms with van der Waals surface area (Å²) in [4.78, 5) is 22.9. The number of aromatic nitrogens is 2. The second kappa shape index (κ2) is 5.74. The molecule has 0 aliphatic carbocycles. The van der Waals surface area contributed by atoms with Crippen molar-refractivity contribution in [3.05, 3.63) is 40.6 Å². The summed E-state index contributed by atoms with van der Waals surface area (Å²) < 4.78 is 2.16. The highest BCUT2D eigenvalue weighted by atomic mass is 79.9. The van der Waals surface area contributed by atoms with E-state index in [9.17, 15) is 9.59 Å². The summed E-state index contributed by atoms with van der Waals surface area (Å²) in [5, 5.41) is 18.0. The van der Waals surface area contributed by atoms with Crippen LogP contribution in [-0.2, 0) is 7.05 Å². The fourth-order valence-electron chi connectivity index (χ4n) is 1.57. The molecule has 0 aliphatic rings. The summed E-state index contributed by atoms with van der Waals surface area (Å²) in [5.41, 5.74) is 0.724. The van der Waals surface area contributed by atoms with E-state index in [0.717, 1.165) is 0 Å². The smallest absolute Gasteiger partial charge is 0.337 e. The molecule has 2 rings (SSSR count). The van der Waals surface area contributed by atoms with Gasteiger partial charge in [0, 0.05) is 17.7 Å². The number of anilines is 2. The average molecular weight is 339 g/mol. The van der Waals surface area contributed by atoms with Gasteiger partial charge in [-0.05, 0) is 18.2 Å². The summed E-state index contributed by atoms with van der Waals surface area (Å²) in [6, 6.07) is 4.03. The first-order valence-electron chi connectivity index (χ1n) is 5.55. The van der Waals surface area contributed by atoms with Gasteiger partial charge in [0.2, 0.25) is 0 Å². The highest BCUT2D eigenvalue weighted by molar-refractivity contribution is 9.10. The summed E-state index contributed by atoms with van der Waals surface area (Å²) in [6.07, 6.45) is 3.11. The first-order chi connectivity index (χ1) is 9.45. The third-order valence-corrected chi connectivity index (χ3v) is 2.92. The van der Waals surface area contributed by atoms with Crippen LogP contribution in [0.15, 0.2) is 35.1 Å². The number of rotatable bonds is 3. The predicted molar refractivity (Wildman–Crippen MR) is 77.0 cm³/mol. The maximum Gasteiger partial charge on any atom is 0.337 e. The molecule has 0 spiro atoms. The number of urea groups is 1. The Morgan fingerprint density at radius 1 is 1.35 bits per heavy atom. The van der Waals surface area contributed by atoms with Gasteiger partial charge >= 0.3 is 12.0 Å². The van der Waals surface area contributed by atoms with E-state index in [0.29, 0.717) is 10.2 Å². The Labute approximate surface area is 122 Å². The third kappa shape index (κ3) is 3.35. The number of aryl methyl sites for hydroxylation is 1. The molecule has 0 aliphatic heterocycles. The van der Waals surface area contributed by atoms with Crippen LogP contribution in [0.4, 0.5) is 16.2 Å². The molecule has 20 heavy (non-hydrogen) atoms. The molecule has 0 atom stereocenters. The molecule has 0 fully saturated rings. The molecule has 0 unspecified atom stereocenters. The SMILES string of the molecule is Cn1cc(NC(=O)Nc2ccc(Br)cc2C(=O)O)cn1. The van der Waals surface area contributed by atoms with E-state index in [-0.39, 0.29) is 11.3 Å². The van der Waals surface area contributed by atoms with E-state index in [1.807, 2.05) is 0 Å². The molecular weight excluding hydrogens is 328 g/mol. The quantitative estimate of drug-likeness (QED) is 0.801. The maximum absolute atomic E-state index is 11.8. The van der Waals surface area contributed by atoms with Gasteiger partial charge in [0.25, 0.3) is 0 Å². The van der Waals surface area contributed by atoms with E-state index in [1.165, 1.54) is 23.0 Å². The number of carboxylic acid groups (broad SMARTS) is 1. The van der Waals surface area contributed by atoms with Gasteiger partial charge in [-0.2, -0.15) is 5.10 Å². The number of aromatic carboxylic acids is 1. The van der Waals surface area contributed by atoms with Crippen LogP contribution in [0, 0.1) is 0 Å². The largest absolute Gasteiger partial charge is 0.478 e. The Kier molecular flexibility index (Phi) is 4.04. The van der Waals surface area contributed by atoms with E-state index in [1.54, 1.807) is 19.3 Å². The fraction of sp³-hybridized carbons (Fsp3) is 0.0833. The van der Waals surface area contributed by atoms with Crippen molar-refractivity contribution in [2.24, 2.45) is 7.05 Å². The van der Waals surface area contributed by atoms with Crippen LogP contribution in [-0.4, -0.2) is 26.9 Å². The summed E-state index contributed by atoms with van der Waals surface area (Å²) in [6.45, 7) is 0. The fourth-order valence-corrected chi connectivity index (χ4v) is 1.93. The number of halogens is 1. The Hall–Kier alpha value is -2.35. The monoisotopic (exact) mass is 338 g/mol. The average Bonchev–Trinajstić information content (AvgIpc) is 2.76. The molecule has 3 N–H and O–H groups in total. The van der Waals surface area contributed by atoms with Crippen molar-refractivity contribution < 1.29 is 14.7 Å². The van der Waals surface area contributed by atoms with Crippen molar-refractivity contribution in [2.75, 3.05) is 10.6 Å². The topological polar surface area (TPSA) is 96.2 Å². The van der Waals surface area contributed by atoms with Crippen LogP contribution < -0.4 is 10.6 Å². The van der Waals surface area contributed by atoms with Gasteiger partial charge in [0.15, 0.2) is 0 Å². The zero-order valence-electron chi connectivity index (χ0n) is 10.4. The molecule has 2 amide bonds. The normalized spacial score (nSPS) is 10.1. The van der Waals surface area contributed by atoms with E-state index in [2.05, 4.69) is 31.7 Å². The standard InChI is InChI=1S/C12H11BrN4O3/c1-17-6-8(5-14-17)15-12(20)16-10-3-2-7(13)4-9(10)11(18)19/h2-6H,1H3,(H,18,19)(H2,15,16,20). The Balaban J connectivity index is 2.13. The molecule has 0 saturated carbocycles. The lowest BCUT2D eigenvalue weighted by Crippen LogP contribution is -2.20. The first-order valence-corrected chi connectivity index (χ1v) is 6.34. The van der Waals surface area contributed by atoms with Crippen LogP contribution in [0.25, 0.3) is 0 Å². The zero-order chi connectivity index (χ0) is 14.7. The number of amides is 2. The number of nitrogens with zero attached hydrogens (tertiary/aromatic N) is 2. The molecule has 2 aromatic rings. The minimum Gasteiger partial charge on any atom is -0.478 e. The highest BCUT2D eigenvalue weighted by Crippen LogP contribution is 2.21. The number of nitrogens with one attached hydrogen (secondary N) is 2. The van der Waals surface area contributed by atoms with Crippen molar-refractivity contribution in [3.63, 3.8) is 0 Å². The van der Waals surface area contributed by atoms with Crippen LogP contribution in [0.3, 0.4) is 0 Å². The molecule has 0 bridgehead atoms. The minimum atomic E-state index is -1.12. The number of carbonyl (C=O) groups is 2. The van der Waals surface area contributed by atoms with E-state index >= 15 is 0 Å². The molecule has 0 saturated heterocycles. The van der Waals surface area contributed by atoms with Crippen molar-refractivity contribution in [2.45, 2.75) is 0 Å². The second-order valence-corrected chi connectivity index (χ2v) is 4.89. The van der Waals surface area contributed by atoms with Crippen molar-refractivity contribution >= 4 is 39.3 Å². The number of carbonyl (C=O) groups excluding carboxylic acids is 1. The molecule has 104 valence electrons.